The van der Waals surface area contributed by atoms with Crippen LogP contribution in [-0.4, -0.2) is 22.3 Å². The summed E-state index contributed by atoms with van der Waals surface area (Å²) < 4.78 is 27.1. The van der Waals surface area contributed by atoms with E-state index in [9.17, 15) is 9.18 Å². The highest BCUT2D eigenvalue weighted by Crippen LogP contribution is 2.27. The highest BCUT2D eigenvalue weighted by Gasteiger charge is 2.25. The van der Waals surface area contributed by atoms with Gasteiger partial charge in [-0.25, -0.2) is 4.39 Å². The molecule has 1 aromatic carbocycles. The van der Waals surface area contributed by atoms with Gasteiger partial charge in [0.2, 0.25) is 0 Å². The van der Waals surface area contributed by atoms with Crippen molar-refractivity contribution in [2.45, 2.75) is 45.8 Å². The summed E-state index contributed by atoms with van der Waals surface area (Å²) in [5, 5.41) is 0. The van der Waals surface area contributed by atoms with E-state index in [1.165, 1.54) is 6.07 Å². The first-order valence-corrected chi connectivity index (χ1v) is 7.91. The van der Waals surface area contributed by atoms with Crippen LogP contribution in [0, 0.1) is 12.7 Å². The molecule has 0 saturated carbocycles. The lowest BCUT2D eigenvalue weighted by Gasteiger charge is -2.20. The Kier molecular flexibility index (Phi) is 4.07. The molecular weight excluding hydrogens is 311 g/mol. The van der Waals surface area contributed by atoms with Gasteiger partial charge in [0.15, 0.2) is 17.7 Å². The van der Waals surface area contributed by atoms with Crippen LogP contribution in [0.15, 0.2) is 29.2 Å². The van der Waals surface area contributed by atoms with Gasteiger partial charge in [0, 0.05) is 11.8 Å². The van der Waals surface area contributed by atoms with Crippen molar-refractivity contribution >= 4 is 0 Å². The van der Waals surface area contributed by atoms with Crippen LogP contribution in [0.2, 0.25) is 0 Å². The lowest BCUT2D eigenvalue weighted by Crippen LogP contribution is -2.23. The van der Waals surface area contributed by atoms with Gasteiger partial charge in [-0.3, -0.25) is 9.36 Å². The molecule has 0 spiro atoms. The van der Waals surface area contributed by atoms with Crippen LogP contribution in [-0.2, 0) is 12.0 Å². The Morgan fingerprint density at radius 3 is 2.83 bits per heavy atom. The summed E-state index contributed by atoms with van der Waals surface area (Å²) in [6, 6.07) is 5.29. The third-order valence-corrected chi connectivity index (χ3v) is 4.02. The predicted molar refractivity (Wildman–Crippen MR) is 88.2 cm³/mol. The van der Waals surface area contributed by atoms with Crippen LogP contribution in [0.1, 0.15) is 31.9 Å². The molecule has 2 aromatic rings. The van der Waals surface area contributed by atoms with Crippen molar-refractivity contribution in [1.82, 2.24) is 9.55 Å². The summed E-state index contributed by atoms with van der Waals surface area (Å²) in [7, 11) is 0. The molecule has 1 aliphatic heterocycles. The first-order chi connectivity index (χ1) is 11.2. The number of aryl methyl sites for hydroxylation is 1. The Morgan fingerprint density at radius 2 is 2.17 bits per heavy atom. The van der Waals surface area contributed by atoms with E-state index in [4.69, 9.17) is 9.47 Å². The first-order valence-electron chi connectivity index (χ1n) is 7.91. The van der Waals surface area contributed by atoms with Crippen molar-refractivity contribution in [3.05, 3.63) is 51.7 Å². The second-order valence-corrected chi connectivity index (χ2v) is 7.11. The maximum Gasteiger partial charge on any atom is 0.300 e. The van der Waals surface area contributed by atoms with Gasteiger partial charge in [0.1, 0.15) is 6.61 Å². The fourth-order valence-electron chi connectivity index (χ4n) is 2.57. The summed E-state index contributed by atoms with van der Waals surface area (Å²) in [6.45, 7) is 8.50. The zero-order valence-corrected chi connectivity index (χ0v) is 14.3. The summed E-state index contributed by atoms with van der Waals surface area (Å²) in [5.74, 6) is -0.192. The van der Waals surface area contributed by atoms with Crippen molar-refractivity contribution in [3.63, 3.8) is 0 Å². The molecule has 0 aliphatic carbocycles. The molecule has 0 unspecified atom stereocenters. The fraction of sp³-hybridized carbons (Fsp3) is 0.444. The van der Waals surface area contributed by atoms with Gasteiger partial charge in [-0.2, -0.15) is 4.98 Å². The maximum absolute atomic E-state index is 14.2. The summed E-state index contributed by atoms with van der Waals surface area (Å²) in [5.41, 5.74) is 1.06. The number of aromatic nitrogens is 2. The normalized spacial score (nSPS) is 16.6. The highest BCUT2D eigenvalue weighted by molar-refractivity contribution is 5.32. The second kappa shape index (κ2) is 5.92. The molecule has 24 heavy (non-hydrogen) atoms. The van der Waals surface area contributed by atoms with E-state index in [0.29, 0.717) is 12.1 Å². The molecule has 1 atom stereocenters. The van der Waals surface area contributed by atoms with Crippen LogP contribution in [0.25, 0.3) is 0 Å². The third kappa shape index (κ3) is 3.27. The molecule has 3 rings (SSSR count). The molecule has 6 heteroatoms. The highest BCUT2D eigenvalue weighted by atomic mass is 19.1. The second-order valence-electron chi connectivity index (χ2n) is 7.11. The standard InChI is InChI=1S/C18H21FN2O3/c1-11-8-21-9-13(24-17(21)20-16(11)22)10-23-15-6-5-12(7-14(15)19)18(2,3)4/h5-8,13H,9-10H2,1-4H3/t13-/m0/s1. The number of rotatable bonds is 3. The SMILES string of the molecule is Cc1cn2c(nc1=O)O[C@H](COc1ccc(C(C)(C)C)cc1F)C2. The van der Waals surface area contributed by atoms with Crippen LogP contribution in [0.4, 0.5) is 4.39 Å². The summed E-state index contributed by atoms with van der Waals surface area (Å²) >= 11 is 0. The number of nitrogens with zero attached hydrogens (tertiary/aromatic N) is 2. The van der Waals surface area contributed by atoms with Crippen LogP contribution < -0.4 is 15.0 Å². The van der Waals surface area contributed by atoms with Crippen molar-refractivity contribution in [2.24, 2.45) is 0 Å². The number of hydrogen-bond donors (Lipinski definition) is 0. The van der Waals surface area contributed by atoms with E-state index in [2.05, 4.69) is 4.98 Å². The minimum absolute atomic E-state index is 0.119. The van der Waals surface area contributed by atoms with E-state index in [0.717, 1.165) is 5.56 Å². The molecule has 5 nitrogen and oxygen atoms in total. The van der Waals surface area contributed by atoms with Gasteiger partial charge in [0.05, 0.1) is 6.54 Å². The van der Waals surface area contributed by atoms with Gasteiger partial charge >= 0.3 is 0 Å². The van der Waals surface area contributed by atoms with E-state index < -0.39 is 0 Å². The molecule has 0 amide bonds. The monoisotopic (exact) mass is 332 g/mol. The van der Waals surface area contributed by atoms with E-state index in [-0.39, 0.29) is 41.3 Å². The Morgan fingerprint density at radius 1 is 1.42 bits per heavy atom. The van der Waals surface area contributed by atoms with Crippen molar-refractivity contribution in [3.8, 4) is 11.8 Å². The maximum atomic E-state index is 14.2. The number of ether oxygens (including phenoxy) is 2. The minimum atomic E-state index is -0.388. The lowest BCUT2D eigenvalue weighted by atomic mass is 9.87. The average molecular weight is 332 g/mol. The molecule has 0 fully saturated rings. The predicted octanol–water partition coefficient (Wildman–Crippen LogP) is 2.83. The third-order valence-electron chi connectivity index (χ3n) is 4.02. The quantitative estimate of drug-likeness (QED) is 0.867. The van der Waals surface area contributed by atoms with Crippen molar-refractivity contribution in [2.75, 3.05) is 6.61 Å². The summed E-state index contributed by atoms with van der Waals surface area (Å²) in [6.07, 6.45) is 1.41. The molecule has 0 N–H and O–H groups in total. The Bertz CT molecular complexity index is 824. The van der Waals surface area contributed by atoms with Crippen LogP contribution in [0.3, 0.4) is 0 Å². The summed E-state index contributed by atoms with van der Waals surface area (Å²) in [4.78, 5) is 15.4. The molecule has 0 radical (unpaired) electrons. The zero-order valence-electron chi connectivity index (χ0n) is 14.3. The largest absolute Gasteiger partial charge is 0.487 e. The van der Waals surface area contributed by atoms with Gasteiger partial charge in [-0.15, -0.1) is 0 Å². The molecule has 0 bridgehead atoms. The fourth-order valence-corrected chi connectivity index (χ4v) is 2.57. The molecule has 1 aromatic heterocycles. The molecular formula is C18H21FN2O3. The molecule has 0 saturated heterocycles. The Hall–Kier alpha value is -2.37. The van der Waals surface area contributed by atoms with E-state index in [1.807, 2.05) is 26.8 Å². The number of halogens is 1. The smallest absolute Gasteiger partial charge is 0.300 e. The van der Waals surface area contributed by atoms with Gasteiger partial charge < -0.3 is 9.47 Å². The molecule has 128 valence electrons. The number of hydrogen-bond acceptors (Lipinski definition) is 4. The first kappa shape index (κ1) is 16.5. The zero-order chi connectivity index (χ0) is 17.5. The van der Waals surface area contributed by atoms with Crippen LogP contribution in [0.5, 0.6) is 11.8 Å². The van der Waals surface area contributed by atoms with Gasteiger partial charge in [-0.05, 0) is 30.0 Å². The average Bonchev–Trinajstić information content (AvgIpc) is 2.87. The van der Waals surface area contributed by atoms with Crippen LogP contribution >= 0.6 is 0 Å². The lowest BCUT2D eigenvalue weighted by molar-refractivity contribution is 0.140. The Labute approximate surface area is 140 Å². The molecule has 2 heterocycles. The van der Waals surface area contributed by atoms with Gasteiger partial charge in [-0.1, -0.05) is 26.8 Å². The number of benzene rings is 1. The topological polar surface area (TPSA) is 53.4 Å². The number of fused-ring (bicyclic) bond motifs is 1. The molecule has 1 aliphatic rings. The Balaban J connectivity index is 1.66. The van der Waals surface area contributed by atoms with Gasteiger partial charge in [0.25, 0.3) is 11.6 Å². The van der Waals surface area contributed by atoms with Crippen molar-refractivity contribution in [1.29, 1.82) is 0 Å². The van der Waals surface area contributed by atoms with E-state index in [1.54, 1.807) is 23.8 Å². The van der Waals surface area contributed by atoms with Crippen molar-refractivity contribution < 1.29 is 13.9 Å². The van der Waals surface area contributed by atoms with E-state index >= 15 is 0 Å². The minimum Gasteiger partial charge on any atom is -0.487 e.